The van der Waals surface area contributed by atoms with Crippen molar-refractivity contribution in [2.45, 2.75) is 19.9 Å². The first-order chi connectivity index (χ1) is 7.08. The molecule has 0 aliphatic rings. The highest BCUT2D eigenvalue weighted by atomic mass is 16.4. The summed E-state index contributed by atoms with van der Waals surface area (Å²) in [5.74, 6) is -0.0756. The van der Waals surface area contributed by atoms with Gasteiger partial charge in [-0.1, -0.05) is 19.9 Å². The molecule has 0 amide bonds. The maximum absolute atomic E-state index is 11.0. The van der Waals surface area contributed by atoms with Gasteiger partial charge in [-0.15, -0.1) is 0 Å². The van der Waals surface area contributed by atoms with Crippen molar-refractivity contribution in [1.82, 2.24) is 4.98 Å². The maximum atomic E-state index is 11.0. The van der Waals surface area contributed by atoms with Gasteiger partial charge in [-0.25, -0.2) is 4.79 Å². The molecule has 0 fully saturated rings. The monoisotopic (exact) mass is 206 g/mol. The van der Waals surface area contributed by atoms with Gasteiger partial charge >= 0.3 is 5.76 Å². The molecule has 4 nitrogen and oxygen atoms in total. The molecule has 0 aliphatic heterocycles. The predicted molar refractivity (Wildman–Crippen MR) is 58.6 cm³/mol. The quantitative estimate of drug-likeness (QED) is 0.786. The molecule has 0 radical (unpaired) electrons. The average Bonchev–Trinajstić information content (AvgIpc) is 2.55. The third kappa shape index (κ3) is 1.80. The van der Waals surface area contributed by atoms with Crippen molar-refractivity contribution < 1.29 is 4.42 Å². The summed E-state index contributed by atoms with van der Waals surface area (Å²) in [4.78, 5) is 13.5. The largest absolute Gasteiger partial charge is 0.417 e. The van der Waals surface area contributed by atoms with Crippen molar-refractivity contribution in [3.8, 4) is 0 Å². The third-order valence-corrected chi connectivity index (χ3v) is 2.55. The lowest BCUT2D eigenvalue weighted by Crippen LogP contribution is -2.16. The van der Waals surface area contributed by atoms with Crippen LogP contribution in [0.1, 0.15) is 25.5 Å². The third-order valence-electron chi connectivity index (χ3n) is 2.55. The zero-order chi connectivity index (χ0) is 11.0. The van der Waals surface area contributed by atoms with Crippen molar-refractivity contribution in [3.63, 3.8) is 0 Å². The summed E-state index contributed by atoms with van der Waals surface area (Å²) >= 11 is 0. The fourth-order valence-corrected chi connectivity index (χ4v) is 1.55. The molecule has 15 heavy (non-hydrogen) atoms. The van der Waals surface area contributed by atoms with Crippen LogP contribution in [0.15, 0.2) is 27.4 Å². The zero-order valence-electron chi connectivity index (χ0n) is 8.78. The Morgan fingerprint density at radius 3 is 2.80 bits per heavy atom. The van der Waals surface area contributed by atoms with Crippen LogP contribution in [0.5, 0.6) is 0 Å². The van der Waals surface area contributed by atoms with Crippen LogP contribution in [-0.4, -0.2) is 4.98 Å². The number of fused-ring (bicyclic) bond motifs is 1. The minimum atomic E-state index is -0.430. The molecule has 0 spiro atoms. The molecule has 4 heteroatoms. The molecule has 0 bridgehead atoms. The fraction of sp³-hybridized carbons (Fsp3) is 0.364. The van der Waals surface area contributed by atoms with Gasteiger partial charge in [0.2, 0.25) is 0 Å². The number of aromatic nitrogens is 1. The molecule has 1 heterocycles. The van der Waals surface area contributed by atoms with Crippen LogP contribution in [0, 0.1) is 5.92 Å². The van der Waals surface area contributed by atoms with Gasteiger partial charge in [0.05, 0.1) is 5.52 Å². The minimum absolute atomic E-state index is 0.0328. The van der Waals surface area contributed by atoms with E-state index in [-0.39, 0.29) is 6.04 Å². The number of nitrogens with two attached hydrogens (primary N) is 1. The van der Waals surface area contributed by atoms with Gasteiger partial charge in [0, 0.05) is 6.04 Å². The molecule has 0 saturated heterocycles. The summed E-state index contributed by atoms with van der Waals surface area (Å²) in [6.45, 7) is 4.12. The molecular weight excluding hydrogens is 192 g/mol. The molecule has 2 rings (SSSR count). The second kappa shape index (κ2) is 3.55. The van der Waals surface area contributed by atoms with Crippen LogP contribution in [-0.2, 0) is 0 Å². The van der Waals surface area contributed by atoms with Gasteiger partial charge in [0.25, 0.3) is 0 Å². The van der Waals surface area contributed by atoms with Crippen LogP contribution >= 0.6 is 0 Å². The van der Waals surface area contributed by atoms with E-state index in [1.165, 1.54) is 0 Å². The topological polar surface area (TPSA) is 72.0 Å². The lowest BCUT2D eigenvalue weighted by Gasteiger charge is -2.15. The fourth-order valence-electron chi connectivity index (χ4n) is 1.55. The predicted octanol–water partition coefficient (Wildman–Crippen LogP) is 1.78. The first-order valence-electron chi connectivity index (χ1n) is 4.96. The van der Waals surface area contributed by atoms with Crippen LogP contribution in [0.4, 0.5) is 0 Å². The standard InChI is InChI=1S/C11H14N2O2/c1-6(2)10(12)7-3-4-8-9(5-7)15-11(14)13-8/h3-6,10H,12H2,1-2H3,(H,13,14)/t10-/m0/s1. The van der Waals surface area contributed by atoms with E-state index in [1.807, 2.05) is 18.2 Å². The number of nitrogens with one attached hydrogen (secondary N) is 1. The molecule has 0 unspecified atom stereocenters. The Bertz CT molecular complexity index is 525. The highest BCUT2D eigenvalue weighted by molar-refractivity contribution is 5.72. The Morgan fingerprint density at radius 2 is 2.13 bits per heavy atom. The first-order valence-corrected chi connectivity index (χ1v) is 4.96. The van der Waals surface area contributed by atoms with E-state index >= 15 is 0 Å². The van der Waals surface area contributed by atoms with E-state index in [9.17, 15) is 4.79 Å². The van der Waals surface area contributed by atoms with Gasteiger partial charge < -0.3 is 10.2 Å². The van der Waals surface area contributed by atoms with Crippen molar-refractivity contribution in [1.29, 1.82) is 0 Å². The van der Waals surface area contributed by atoms with Crippen molar-refractivity contribution >= 4 is 11.1 Å². The smallest absolute Gasteiger partial charge is 0.408 e. The van der Waals surface area contributed by atoms with E-state index in [1.54, 1.807) is 0 Å². The second-order valence-electron chi connectivity index (χ2n) is 4.04. The lowest BCUT2D eigenvalue weighted by molar-refractivity contribution is 0.512. The summed E-state index contributed by atoms with van der Waals surface area (Å²) in [5.41, 5.74) is 8.26. The van der Waals surface area contributed by atoms with Crippen LogP contribution in [0.3, 0.4) is 0 Å². The number of hydrogen-bond acceptors (Lipinski definition) is 3. The summed E-state index contributed by atoms with van der Waals surface area (Å²) in [6, 6.07) is 5.52. The first kappa shape index (κ1) is 9.98. The minimum Gasteiger partial charge on any atom is -0.408 e. The van der Waals surface area contributed by atoms with Crippen molar-refractivity contribution in [2.75, 3.05) is 0 Å². The molecule has 3 N–H and O–H groups in total. The molecule has 1 aromatic carbocycles. The number of hydrogen-bond donors (Lipinski definition) is 2. The van der Waals surface area contributed by atoms with Gasteiger partial charge in [-0.05, 0) is 23.6 Å². The summed E-state index contributed by atoms with van der Waals surface area (Å²) < 4.78 is 4.97. The maximum Gasteiger partial charge on any atom is 0.417 e. The van der Waals surface area contributed by atoms with Crippen LogP contribution in [0.2, 0.25) is 0 Å². The number of benzene rings is 1. The molecule has 1 atom stereocenters. The Kier molecular flexibility index (Phi) is 2.36. The van der Waals surface area contributed by atoms with Gasteiger partial charge in [0.1, 0.15) is 0 Å². The van der Waals surface area contributed by atoms with E-state index in [0.717, 1.165) is 5.56 Å². The van der Waals surface area contributed by atoms with Crippen LogP contribution < -0.4 is 11.5 Å². The van der Waals surface area contributed by atoms with Crippen molar-refractivity contribution in [2.24, 2.45) is 11.7 Å². The molecule has 0 aliphatic carbocycles. The Balaban J connectivity index is 2.50. The van der Waals surface area contributed by atoms with Crippen LogP contribution in [0.25, 0.3) is 11.1 Å². The van der Waals surface area contributed by atoms with E-state index < -0.39 is 5.76 Å². The van der Waals surface area contributed by atoms with Gasteiger partial charge in [0.15, 0.2) is 5.58 Å². The van der Waals surface area contributed by atoms with E-state index in [0.29, 0.717) is 17.0 Å². The summed E-state index contributed by atoms with van der Waals surface area (Å²) in [5, 5.41) is 0. The van der Waals surface area contributed by atoms with Gasteiger partial charge in [-0.2, -0.15) is 0 Å². The highest BCUT2D eigenvalue weighted by Crippen LogP contribution is 2.21. The Labute approximate surface area is 87.1 Å². The number of oxazole rings is 1. The molecular formula is C11H14N2O2. The molecule has 80 valence electrons. The number of H-pyrrole nitrogens is 1. The molecule has 2 aromatic rings. The highest BCUT2D eigenvalue weighted by Gasteiger charge is 2.11. The zero-order valence-corrected chi connectivity index (χ0v) is 8.78. The number of rotatable bonds is 2. The Hall–Kier alpha value is -1.55. The van der Waals surface area contributed by atoms with Gasteiger partial charge in [-0.3, -0.25) is 4.98 Å². The molecule has 0 saturated carbocycles. The number of aromatic amines is 1. The lowest BCUT2D eigenvalue weighted by atomic mass is 9.97. The van der Waals surface area contributed by atoms with Crippen molar-refractivity contribution in [3.05, 3.63) is 34.3 Å². The second-order valence-corrected chi connectivity index (χ2v) is 4.04. The molecule has 1 aromatic heterocycles. The van der Waals surface area contributed by atoms with E-state index in [2.05, 4.69) is 18.8 Å². The summed E-state index contributed by atoms with van der Waals surface area (Å²) in [7, 11) is 0. The summed E-state index contributed by atoms with van der Waals surface area (Å²) in [6.07, 6.45) is 0. The Morgan fingerprint density at radius 1 is 1.40 bits per heavy atom. The average molecular weight is 206 g/mol. The SMILES string of the molecule is CC(C)[C@H](N)c1ccc2[nH]c(=O)oc2c1. The normalized spacial score (nSPS) is 13.6. The van der Waals surface area contributed by atoms with E-state index in [4.69, 9.17) is 10.2 Å².